The molecule has 11 heteroatoms. The maximum atomic E-state index is 14.1. The van der Waals surface area contributed by atoms with Gasteiger partial charge in [-0.15, -0.1) is 0 Å². The fourth-order valence-corrected chi connectivity index (χ4v) is 6.93. The van der Waals surface area contributed by atoms with Gasteiger partial charge in [0.25, 0.3) is 10.0 Å². The number of anilines is 1. The molecule has 2 amide bonds. The average molecular weight is 637 g/mol. The molecule has 1 saturated carbocycles. The van der Waals surface area contributed by atoms with Gasteiger partial charge in [-0.1, -0.05) is 83.5 Å². The minimum atomic E-state index is -4.26. The molecule has 7 nitrogen and oxygen atoms in total. The van der Waals surface area contributed by atoms with Gasteiger partial charge in [0.1, 0.15) is 12.6 Å². The Morgan fingerprint density at radius 1 is 0.976 bits per heavy atom. The lowest BCUT2D eigenvalue weighted by Gasteiger charge is -2.32. The van der Waals surface area contributed by atoms with Crippen molar-refractivity contribution < 1.29 is 18.0 Å². The second-order valence-electron chi connectivity index (χ2n) is 10.2. The van der Waals surface area contributed by atoms with Gasteiger partial charge >= 0.3 is 0 Å². The Hall–Kier alpha value is -2.78. The first-order chi connectivity index (χ1) is 19.5. The quantitative estimate of drug-likeness (QED) is 0.271. The Labute approximate surface area is 256 Å². The summed E-state index contributed by atoms with van der Waals surface area (Å²) in [6.07, 6.45) is 3.85. The highest BCUT2D eigenvalue weighted by atomic mass is 35.5. The van der Waals surface area contributed by atoms with Gasteiger partial charge in [-0.3, -0.25) is 13.9 Å². The minimum absolute atomic E-state index is 0.00827. The maximum Gasteiger partial charge on any atom is 0.264 e. The van der Waals surface area contributed by atoms with E-state index < -0.39 is 28.5 Å². The standard InChI is InChI=1S/C30H32Cl3N3O4S/c1-20-13-15-25(16-14-20)41(39,40)36(27-12-6-11-26(32)29(27)33)19-28(37)35(18-22-7-5-8-23(31)17-22)21(2)30(38)34-24-9-3-4-10-24/h5-8,11-17,21,24H,3-4,9-10,18-19H2,1-2H3,(H,34,38)/t21-/m0/s1. The third-order valence-corrected chi connectivity index (χ3v) is 10.0. The molecule has 1 atom stereocenters. The fraction of sp³-hybridized carbons (Fsp3) is 0.333. The predicted octanol–water partition coefficient (Wildman–Crippen LogP) is 6.63. The molecule has 0 radical (unpaired) electrons. The molecular formula is C30H32Cl3N3O4S. The smallest absolute Gasteiger partial charge is 0.264 e. The monoisotopic (exact) mass is 635 g/mol. The van der Waals surface area contributed by atoms with Gasteiger partial charge in [-0.25, -0.2) is 8.42 Å². The molecule has 0 bridgehead atoms. The fourth-order valence-electron chi connectivity index (χ4n) is 4.84. The van der Waals surface area contributed by atoms with E-state index >= 15 is 0 Å². The molecule has 0 unspecified atom stereocenters. The van der Waals surface area contributed by atoms with E-state index in [1.165, 1.54) is 29.2 Å². The van der Waals surface area contributed by atoms with Crippen LogP contribution >= 0.6 is 34.8 Å². The Balaban J connectivity index is 1.72. The molecule has 0 saturated heterocycles. The Bertz CT molecular complexity index is 1510. The lowest BCUT2D eigenvalue weighted by atomic mass is 10.1. The van der Waals surface area contributed by atoms with Crippen LogP contribution in [0.2, 0.25) is 15.1 Å². The van der Waals surface area contributed by atoms with Crippen LogP contribution in [0.3, 0.4) is 0 Å². The van der Waals surface area contributed by atoms with Crippen molar-refractivity contribution in [2.75, 3.05) is 10.8 Å². The van der Waals surface area contributed by atoms with Crippen molar-refractivity contribution >= 4 is 62.3 Å². The normalized spacial score (nSPS) is 14.5. The van der Waals surface area contributed by atoms with Gasteiger partial charge in [0, 0.05) is 17.6 Å². The third-order valence-electron chi connectivity index (χ3n) is 7.20. The Morgan fingerprint density at radius 3 is 2.29 bits per heavy atom. The van der Waals surface area contributed by atoms with Gasteiger partial charge in [-0.2, -0.15) is 0 Å². The lowest BCUT2D eigenvalue weighted by Crippen LogP contribution is -2.52. The van der Waals surface area contributed by atoms with E-state index in [1.54, 1.807) is 49.4 Å². The molecule has 0 aromatic heterocycles. The van der Waals surface area contributed by atoms with Gasteiger partial charge in [0.2, 0.25) is 11.8 Å². The van der Waals surface area contributed by atoms with Gasteiger partial charge in [-0.05, 0) is 68.7 Å². The van der Waals surface area contributed by atoms with Crippen molar-refractivity contribution in [1.82, 2.24) is 10.2 Å². The van der Waals surface area contributed by atoms with Crippen molar-refractivity contribution in [3.05, 3.63) is 92.9 Å². The second-order valence-corrected chi connectivity index (χ2v) is 13.3. The van der Waals surface area contributed by atoms with Crippen molar-refractivity contribution in [2.45, 2.75) is 63.1 Å². The van der Waals surface area contributed by atoms with E-state index in [9.17, 15) is 18.0 Å². The van der Waals surface area contributed by atoms with Crippen LogP contribution in [0.15, 0.2) is 71.6 Å². The highest BCUT2D eigenvalue weighted by Gasteiger charge is 2.34. The summed E-state index contributed by atoms with van der Waals surface area (Å²) in [4.78, 5) is 28.7. The summed E-state index contributed by atoms with van der Waals surface area (Å²) in [5, 5.41) is 3.66. The van der Waals surface area contributed by atoms with Crippen molar-refractivity contribution in [2.24, 2.45) is 0 Å². The van der Waals surface area contributed by atoms with Crippen LogP contribution in [-0.2, 0) is 26.2 Å². The van der Waals surface area contributed by atoms with Crippen molar-refractivity contribution in [3.8, 4) is 0 Å². The number of hydrogen-bond donors (Lipinski definition) is 1. The van der Waals surface area contributed by atoms with Gasteiger partial charge in [0.05, 0.1) is 20.6 Å². The summed E-state index contributed by atoms with van der Waals surface area (Å²) in [5.74, 6) is -0.896. The minimum Gasteiger partial charge on any atom is -0.352 e. The molecule has 1 aliphatic rings. The lowest BCUT2D eigenvalue weighted by molar-refractivity contribution is -0.139. The summed E-state index contributed by atoms with van der Waals surface area (Å²) in [7, 11) is -4.26. The van der Waals surface area contributed by atoms with E-state index in [1.807, 2.05) is 6.92 Å². The third kappa shape index (κ3) is 7.55. The number of carbonyl (C=O) groups excluding carboxylic acids is 2. The van der Waals surface area contributed by atoms with E-state index in [-0.39, 0.29) is 39.1 Å². The topological polar surface area (TPSA) is 86.8 Å². The molecule has 1 fully saturated rings. The van der Waals surface area contributed by atoms with Crippen LogP contribution < -0.4 is 9.62 Å². The molecule has 218 valence electrons. The SMILES string of the molecule is Cc1ccc(S(=O)(=O)N(CC(=O)N(Cc2cccc(Cl)c2)[C@@H](C)C(=O)NC2CCCC2)c2cccc(Cl)c2Cl)cc1. The molecule has 0 aliphatic heterocycles. The summed E-state index contributed by atoms with van der Waals surface area (Å²) < 4.78 is 28.9. The largest absolute Gasteiger partial charge is 0.352 e. The first kappa shape index (κ1) is 31.2. The van der Waals surface area contributed by atoms with Crippen LogP contribution in [0.4, 0.5) is 5.69 Å². The van der Waals surface area contributed by atoms with Crippen LogP contribution in [0.1, 0.15) is 43.7 Å². The number of halogens is 3. The first-order valence-corrected chi connectivity index (χ1v) is 15.9. The molecule has 3 aromatic carbocycles. The van der Waals surface area contributed by atoms with E-state index in [4.69, 9.17) is 34.8 Å². The molecule has 0 heterocycles. The number of sulfonamides is 1. The highest BCUT2D eigenvalue weighted by molar-refractivity contribution is 7.92. The van der Waals surface area contributed by atoms with Crippen LogP contribution in [-0.4, -0.2) is 43.8 Å². The van der Waals surface area contributed by atoms with Crippen molar-refractivity contribution in [3.63, 3.8) is 0 Å². The molecule has 41 heavy (non-hydrogen) atoms. The summed E-state index contributed by atoms with van der Waals surface area (Å²) in [5.41, 5.74) is 1.63. The van der Waals surface area contributed by atoms with E-state index in [0.717, 1.165) is 35.6 Å². The Kier molecular flexibility index (Phi) is 10.2. The average Bonchev–Trinajstić information content (AvgIpc) is 3.45. The predicted molar refractivity (Wildman–Crippen MR) is 164 cm³/mol. The number of nitrogens with zero attached hydrogens (tertiary/aromatic N) is 2. The van der Waals surface area contributed by atoms with Crippen LogP contribution in [0, 0.1) is 6.92 Å². The number of benzene rings is 3. The molecular weight excluding hydrogens is 605 g/mol. The summed E-state index contributed by atoms with van der Waals surface area (Å²) >= 11 is 18.9. The zero-order valence-corrected chi connectivity index (χ0v) is 25.9. The Morgan fingerprint density at radius 2 is 1.63 bits per heavy atom. The molecule has 3 aromatic rings. The van der Waals surface area contributed by atoms with Gasteiger partial charge < -0.3 is 10.2 Å². The number of nitrogens with one attached hydrogen (secondary N) is 1. The molecule has 1 aliphatic carbocycles. The molecule has 0 spiro atoms. The highest BCUT2D eigenvalue weighted by Crippen LogP contribution is 2.35. The van der Waals surface area contributed by atoms with E-state index in [2.05, 4.69) is 5.32 Å². The number of aryl methyl sites for hydroxylation is 1. The number of hydrogen-bond acceptors (Lipinski definition) is 4. The van der Waals surface area contributed by atoms with Crippen LogP contribution in [0.5, 0.6) is 0 Å². The zero-order chi connectivity index (χ0) is 29.7. The summed E-state index contributed by atoms with van der Waals surface area (Å²) in [6, 6.07) is 17.0. The number of rotatable bonds is 10. The van der Waals surface area contributed by atoms with Crippen LogP contribution in [0.25, 0.3) is 0 Å². The number of carbonyl (C=O) groups is 2. The molecule has 1 N–H and O–H groups in total. The van der Waals surface area contributed by atoms with E-state index in [0.29, 0.717) is 10.6 Å². The zero-order valence-electron chi connectivity index (χ0n) is 22.8. The van der Waals surface area contributed by atoms with Crippen molar-refractivity contribution in [1.29, 1.82) is 0 Å². The number of amides is 2. The molecule has 4 rings (SSSR count). The first-order valence-electron chi connectivity index (χ1n) is 13.3. The summed E-state index contributed by atoms with van der Waals surface area (Å²) in [6.45, 7) is 2.91. The second kappa shape index (κ2) is 13.5. The maximum absolute atomic E-state index is 14.1. The van der Waals surface area contributed by atoms with Gasteiger partial charge in [0.15, 0.2) is 0 Å².